The van der Waals surface area contributed by atoms with Gasteiger partial charge >= 0.3 is 0 Å². The summed E-state index contributed by atoms with van der Waals surface area (Å²) in [5.41, 5.74) is -0.146. The lowest BCUT2D eigenvalue weighted by atomic mass is 10.1. The van der Waals surface area contributed by atoms with E-state index in [9.17, 15) is 12.8 Å². The zero-order valence-corrected chi connectivity index (χ0v) is 16.8. The first kappa shape index (κ1) is 18.1. The van der Waals surface area contributed by atoms with Gasteiger partial charge in [0.05, 0.1) is 29.1 Å². The fraction of sp³-hybridized carbons (Fsp3) is 0.467. The first-order chi connectivity index (χ1) is 12.3. The number of halogens is 3. The van der Waals surface area contributed by atoms with Crippen molar-refractivity contribution in [3.8, 4) is 5.75 Å². The number of sulfone groups is 1. The quantitative estimate of drug-likeness (QED) is 0.497. The monoisotopic (exact) mass is 465 g/mol. The highest BCUT2D eigenvalue weighted by molar-refractivity contribution is 9.10. The van der Waals surface area contributed by atoms with Crippen molar-refractivity contribution in [3.05, 3.63) is 15.3 Å². The highest BCUT2D eigenvalue weighted by Gasteiger charge is 2.33. The van der Waals surface area contributed by atoms with E-state index in [4.69, 9.17) is 21.1 Å². The average molecular weight is 467 g/mol. The minimum Gasteiger partial charge on any atom is -0.489 e. The molecular weight excluding hydrogens is 453 g/mol. The average Bonchev–Trinajstić information content (AvgIpc) is 3.05. The molecule has 0 N–H and O–H groups in total. The molecule has 3 heterocycles. The van der Waals surface area contributed by atoms with Crippen molar-refractivity contribution in [2.75, 3.05) is 37.5 Å². The van der Waals surface area contributed by atoms with Gasteiger partial charge in [-0.25, -0.2) is 22.8 Å². The van der Waals surface area contributed by atoms with Gasteiger partial charge in [0.2, 0.25) is 15.0 Å². The van der Waals surface area contributed by atoms with Crippen molar-refractivity contribution in [3.63, 3.8) is 0 Å². The molecule has 0 radical (unpaired) electrons. The third kappa shape index (κ3) is 2.83. The lowest BCUT2D eigenvalue weighted by molar-refractivity contribution is 0.192. The number of benzene rings is 1. The molecule has 1 saturated heterocycles. The molecule has 7 nitrogen and oxygen atoms in total. The molecule has 0 spiro atoms. The molecule has 0 saturated carbocycles. The van der Waals surface area contributed by atoms with E-state index in [1.165, 1.54) is 0 Å². The molecule has 1 fully saturated rings. The smallest absolute Gasteiger partial charge is 0.249 e. The van der Waals surface area contributed by atoms with Gasteiger partial charge in [-0.2, -0.15) is 0 Å². The van der Waals surface area contributed by atoms with Gasteiger partial charge < -0.3 is 14.4 Å². The summed E-state index contributed by atoms with van der Waals surface area (Å²) in [6.07, 6.45) is 1.74. The first-order valence-electron chi connectivity index (χ1n) is 7.84. The summed E-state index contributed by atoms with van der Waals surface area (Å²) in [5, 5.41) is -0.103. The molecule has 0 unspecified atom stereocenters. The minimum absolute atomic E-state index is 0.0134. The van der Waals surface area contributed by atoms with Crippen LogP contribution in [0.5, 0.6) is 5.75 Å². The number of aromatic nitrogens is 2. The largest absolute Gasteiger partial charge is 0.489 e. The Hall–Kier alpha value is -1.23. The van der Waals surface area contributed by atoms with Crippen LogP contribution in [0.15, 0.2) is 9.63 Å². The lowest BCUT2D eigenvalue weighted by Gasteiger charge is -2.28. The molecule has 26 heavy (non-hydrogen) atoms. The van der Waals surface area contributed by atoms with Crippen molar-refractivity contribution in [1.29, 1.82) is 0 Å². The normalized spacial score (nSPS) is 20.3. The standard InChI is InChI=1S/C15H14BrClFN3O4S/c1-26(22,23)15-19-12-8-13(10(17)9(16)11(12)18)25-5-3-21(14(8)20-15)7-2-4-24-6-7/h7H,2-6H2,1H3/t7-/m1/s1. The molecule has 140 valence electrons. The highest BCUT2D eigenvalue weighted by atomic mass is 79.9. The van der Waals surface area contributed by atoms with Gasteiger partial charge in [0.15, 0.2) is 11.6 Å². The topological polar surface area (TPSA) is 81.6 Å². The van der Waals surface area contributed by atoms with Crippen LogP contribution in [0.1, 0.15) is 6.42 Å². The lowest BCUT2D eigenvalue weighted by Crippen LogP contribution is -2.38. The Labute approximate surface area is 162 Å². The van der Waals surface area contributed by atoms with Crippen LogP contribution in [0.2, 0.25) is 5.02 Å². The van der Waals surface area contributed by atoms with E-state index in [0.29, 0.717) is 25.6 Å². The maximum absolute atomic E-state index is 14.9. The molecular formula is C15H14BrClFN3O4S. The van der Waals surface area contributed by atoms with E-state index >= 15 is 0 Å². The van der Waals surface area contributed by atoms with Gasteiger partial charge in [-0.05, 0) is 22.4 Å². The van der Waals surface area contributed by atoms with Crippen molar-refractivity contribution >= 4 is 54.1 Å². The molecule has 0 amide bonds. The fourth-order valence-electron chi connectivity index (χ4n) is 3.19. The molecule has 2 aromatic rings. The summed E-state index contributed by atoms with van der Waals surface area (Å²) in [7, 11) is -3.75. The van der Waals surface area contributed by atoms with Crippen molar-refractivity contribution in [2.45, 2.75) is 17.6 Å². The zero-order valence-electron chi connectivity index (χ0n) is 13.6. The Kier molecular flexibility index (Phi) is 4.49. The second-order valence-electron chi connectivity index (χ2n) is 6.16. The number of rotatable bonds is 2. The van der Waals surface area contributed by atoms with E-state index in [-0.39, 0.29) is 38.8 Å². The summed E-state index contributed by atoms with van der Waals surface area (Å²) >= 11 is 9.36. The number of anilines is 1. The van der Waals surface area contributed by atoms with E-state index in [1.807, 2.05) is 4.90 Å². The molecule has 1 aromatic heterocycles. The maximum Gasteiger partial charge on any atom is 0.249 e. The van der Waals surface area contributed by atoms with Crippen LogP contribution in [0.3, 0.4) is 0 Å². The molecule has 0 aliphatic carbocycles. The maximum atomic E-state index is 14.9. The number of hydrogen-bond acceptors (Lipinski definition) is 7. The van der Waals surface area contributed by atoms with Crippen LogP contribution in [0, 0.1) is 5.82 Å². The van der Waals surface area contributed by atoms with E-state index in [1.54, 1.807) is 0 Å². The Balaban J connectivity index is 2.10. The number of hydrogen-bond donors (Lipinski definition) is 0. The van der Waals surface area contributed by atoms with Crippen molar-refractivity contribution < 1.29 is 22.3 Å². The van der Waals surface area contributed by atoms with Gasteiger partial charge in [-0.3, -0.25) is 0 Å². The summed E-state index contributed by atoms with van der Waals surface area (Å²) in [4.78, 5) is 10.1. The van der Waals surface area contributed by atoms with Crippen LogP contribution < -0.4 is 9.64 Å². The van der Waals surface area contributed by atoms with Crippen LogP contribution >= 0.6 is 27.5 Å². The van der Waals surface area contributed by atoms with E-state index in [0.717, 1.165) is 12.7 Å². The van der Waals surface area contributed by atoms with Gasteiger partial charge in [0.1, 0.15) is 23.0 Å². The van der Waals surface area contributed by atoms with Crippen LogP contribution in [-0.4, -0.2) is 57.0 Å². The Morgan fingerprint density at radius 1 is 1.35 bits per heavy atom. The molecule has 11 heteroatoms. The number of nitrogens with zero attached hydrogens (tertiary/aromatic N) is 3. The zero-order chi connectivity index (χ0) is 18.6. The predicted octanol–water partition coefficient (Wildman–Crippen LogP) is 2.58. The Bertz CT molecular complexity index is 1010. The minimum atomic E-state index is -3.75. The molecule has 1 atom stereocenters. The fourth-order valence-corrected chi connectivity index (χ4v) is 4.30. The van der Waals surface area contributed by atoms with Crippen LogP contribution in [-0.2, 0) is 14.6 Å². The molecule has 0 bridgehead atoms. The SMILES string of the molecule is CS(=O)(=O)c1nc2c3c(c(Cl)c(Br)c(F)c3n1)OCCN2[C@@H]1CCOC1. The summed E-state index contributed by atoms with van der Waals surface area (Å²) in [6.45, 7) is 1.79. The Morgan fingerprint density at radius 2 is 2.12 bits per heavy atom. The highest BCUT2D eigenvalue weighted by Crippen LogP contribution is 2.46. The molecule has 2 aliphatic heterocycles. The molecule has 1 aromatic carbocycles. The van der Waals surface area contributed by atoms with Crippen LogP contribution in [0.25, 0.3) is 10.9 Å². The third-order valence-corrected chi connectivity index (χ3v) is 6.60. The third-order valence-electron chi connectivity index (χ3n) is 4.42. The molecule has 4 rings (SSSR count). The first-order valence-corrected chi connectivity index (χ1v) is 10.9. The second-order valence-corrected chi connectivity index (χ2v) is 9.24. The predicted molar refractivity (Wildman–Crippen MR) is 97.4 cm³/mol. The molecule has 2 aliphatic rings. The van der Waals surface area contributed by atoms with E-state index < -0.39 is 20.8 Å². The second kappa shape index (κ2) is 6.43. The van der Waals surface area contributed by atoms with Crippen molar-refractivity contribution in [2.24, 2.45) is 0 Å². The summed E-state index contributed by atoms with van der Waals surface area (Å²) in [5.74, 6) is -0.214. The van der Waals surface area contributed by atoms with Gasteiger partial charge in [-0.15, -0.1) is 0 Å². The van der Waals surface area contributed by atoms with Crippen LogP contribution in [0.4, 0.5) is 10.2 Å². The van der Waals surface area contributed by atoms with Gasteiger partial charge in [0, 0.05) is 12.9 Å². The number of ether oxygens (including phenoxy) is 2. The van der Waals surface area contributed by atoms with Gasteiger partial charge in [0.25, 0.3) is 0 Å². The van der Waals surface area contributed by atoms with Crippen molar-refractivity contribution in [1.82, 2.24) is 9.97 Å². The summed E-state index contributed by atoms with van der Waals surface area (Å²) < 4.78 is 50.2. The Morgan fingerprint density at radius 3 is 2.77 bits per heavy atom. The summed E-state index contributed by atoms with van der Waals surface area (Å²) in [6, 6.07) is -0.0134. The van der Waals surface area contributed by atoms with E-state index in [2.05, 4.69) is 25.9 Å². The van der Waals surface area contributed by atoms with Gasteiger partial charge in [-0.1, -0.05) is 11.6 Å².